The summed E-state index contributed by atoms with van der Waals surface area (Å²) in [6.07, 6.45) is 0. The Morgan fingerprint density at radius 2 is 2.06 bits per heavy atom. The van der Waals surface area contributed by atoms with Gasteiger partial charge in [-0.15, -0.1) is 0 Å². The summed E-state index contributed by atoms with van der Waals surface area (Å²) in [5.41, 5.74) is 6.60. The van der Waals surface area contributed by atoms with Crippen LogP contribution in [0, 0.1) is 0 Å². The van der Waals surface area contributed by atoms with Crippen molar-refractivity contribution in [3.05, 3.63) is 28.7 Å². The molecular formula is C10H6BrN5O2. The van der Waals surface area contributed by atoms with E-state index in [0.717, 1.165) is 10.0 Å². The first kappa shape index (κ1) is 10.9. The molecular weight excluding hydrogens is 302 g/mol. The third kappa shape index (κ3) is 1.86. The van der Waals surface area contributed by atoms with Gasteiger partial charge in [0.1, 0.15) is 0 Å². The summed E-state index contributed by atoms with van der Waals surface area (Å²) in [6, 6.07) is 7.52. The molecule has 0 atom stereocenters. The van der Waals surface area contributed by atoms with Crippen molar-refractivity contribution in [1.82, 2.24) is 20.5 Å². The van der Waals surface area contributed by atoms with Crippen LogP contribution < -0.4 is 5.73 Å². The number of halogens is 1. The van der Waals surface area contributed by atoms with E-state index < -0.39 is 0 Å². The number of nitrogen functional groups attached to an aromatic ring is 1. The van der Waals surface area contributed by atoms with Crippen LogP contribution in [0.1, 0.15) is 0 Å². The van der Waals surface area contributed by atoms with E-state index in [0.29, 0.717) is 5.82 Å². The van der Waals surface area contributed by atoms with Crippen LogP contribution in [-0.2, 0) is 0 Å². The van der Waals surface area contributed by atoms with E-state index >= 15 is 0 Å². The number of anilines is 1. The van der Waals surface area contributed by atoms with Gasteiger partial charge in [0.15, 0.2) is 0 Å². The molecule has 0 fully saturated rings. The molecule has 7 nitrogen and oxygen atoms in total. The first-order valence-electron chi connectivity index (χ1n) is 4.92. The first-order valence-corrected chi connectivity index (χ1v) is 5.71. The molecule has 2 N–H and O–H groups in total. The lowest BCUT2D eigenvalue weighted by atomic mass is 10.2. The van der Waals surface area contributed by atoms with E-state index in [-0.39, 0.29) is 17.4 Å². The van der Waals surface area contributed by atoms with Crippen LogP contribution in [-0.4, -0.2) is 20.5 Å². The van der Waals surface area contributed by atoms with Crippen molar-refractivity contribution in [3.8, 4) is 23.0 Å². The fourth-order valence-electron chi connectivity index (χ4n) is 1.41. The van der Waals surface area contributed by atoms with Crippen LogP contribution in [0.4, 0.5) is 5.82 Å². The largest absolute Gasteiger partial charge is 0.379 e. The van der Waals surface area contributed by atoms with E-state index in [4.69, 9.17) is 10.3 Å². The maximum Gasteiger partial charge on any atom is 0.284 e. The number of hydrogen-bond donors (Lipinski definition) is 1. The minimum absolute atomic E-state index is 0.111. The molecule has 0 saturated heterocycles. The predicted octanol–water partition coefficient (Wildman–Crippen LogP) is 2.13. The minimum Gasteiger partial charge on any atom is -0.379 e. The molecule has 2 heterocycles. The van der Waals surface area contributed by atoms with Gasteiger partial charge < -0.3 is 10.3 Å². The molecule has 90 valence electrons. The molecule has 2 aromatic heterocycles. The second-order valence-corrected chi connectivity index (χ2v) is 4.35. The molecule has 1 aromatic carbocycles. The molecule has 0 aliphatic rings. The maximum atomic E-state index is 5.54. The molecule has 0 radical (unpaired) electrons. The number of nitrogens with zero attached hydrogens (tertiary/aromatic N) is 4. The van der Waals surface area contributed by atoms with Crippen LogP contribution in [0.25, 0.3) is 23.0 Å². The maximum absolute atomic E-state index is 5.54. The molecule has 3 rings (SSSR count). The smallest absolute Gasteiger partial charge is 0.284 e. The van der Waals surface area contributed by atoms with Gasteiger partial charge in [-0.05, 0) is 22.4 Å². The van der Waals surface area contributed by atoms with Gasteiger partial charge in [0.2, 0.25) is 17.3 Å². The van der Waals surface area contributed by atoms with E-state index in [9.17, 15) is 0 Å². The average Bonchev–Trinajstić information content (AvgIpc) is 2.97. The van der Waals surface area contributed by atoms with Crippen molar-refractivity contribution in [3.63, 3.8) is 0 Å². The highest BCUT2D eigenvalue weighted by Gasteiger charge is 2.17. The Morgan fingerprint density at radius 1 is 1.17 bits per heavy atom. The van der Waals surface area contributed by atoms with Crippen LogP contribution >= 0.6 is 15.9 Å². The first-order chi connectivity index (χ1) is 8.74. The Labute approximate surface area is 109 Å². The van der Waals surface area contributed by atoms with E-state index in [2.05, 4.69) is 41.0 Å². The topological polar surface area (TPSA) is 104 Å². The predicted molar refractivity (Wildman–Crippen MR) is 65.1 cm³/mol. The van der Waals surface area contributed by atoms with Gasteiger partial charge in [-0.1, -0.05) is 33.2 Å². The molecule has 18 heavy (non-hydrogen) atoms. The Balaban J connectivity index is 2.02. The van der Waals surface area contributed by atoms with Crippen molar-refractivity contribution in [2.75, 3.05) is 5.73 Å². The van der Waals surface area contributed by atoms with Gasteiger partial charge >= 0.3 is 0 Å². The summed E-state index contributed by atoms with van der Waals surface area (Å²) >= 11 is 3.37. The molecule has 0 aliphatic carbocycles. The fraction of sp³-hybridized carbons (Fsp3) is 0. The molecule has 0 spiro atoms. The lowest BCUT2D eigenvalue weighted by Gasteiger charge is -1.93. The number of hydrogen-bond acceptors (Lipinski definition) is 7. The monoisotopic (exact) mass is 307 g/mol. The zero-order chi connectivity index (χ0) is 12.5. The quantitative estimate of drug-likeness (QED) is 0.773. The summed E-state index contributed by atoms with van der Waals surface area (Å²) in [6.45, 7) is 0. The standard InChI is InChI=1S/C10H6BrN5O2/c11-6-3-1-2-5(4-6)9-13-10(17-16-9)7-8(12)15-18-14-7/h1-4H,(H2,12,15). The second-order valence-electron chi connectivity index (χ2n) is 3.43. The van der Waals surface area contributed by atoms with Crippen molar-refractivity contribution in [2.24, 2.45) is 0 Å². The summed E-state index contributed by atoms with van der Waals surface area (Å²) in [7, 11) is 0. The summed E-state index contributed by atoms with van der Waals surface area (Å²) in [4.78, 5) is 4.18. The zero-order valence-electron chi connectivity index (χ0n) is 8.87. The SMILES string of the molecule is Nc1nonc1-c1nc(-c2cccc(Br)c2)no1. The minimum atomic E-state index is 0.111. The van der Waals surface area contributed by atoms with Crippen molar-refractivity contribution < 1.29 is 9.15 Å². The van der Waals surface area contributed by atoms with Gasteiger partial charge in [0.25, 0.3) is 5.89 Å². The molecule has 8 heteroatoms. The number of aromatic nitrogens is 4. The van der Waals surface area contributed by atoms with Gasteiger partial charge in [-0.3, -0.25) is 0 Å². The summed E-state index contributed by atoms with van der Waals surface area (Å²) < 4.78 is 10.5. The Morgan fingerprint density at radius 3 is 2.78 bits per heavy atom. The highest BCUT2D eigenvalue weighted by Crippen LogP contribution is 2.25. The van der Waals surface area contributed by atoms with Crippen LogP contribution in [0.2, 0.25) is 0 Å². The molecule has 0 aliphatic heterocycles. The molecule has 0 bridgehead atoms. The number of rotatable bonds is 2. The van der Waals surface area contributed by atoms with Crippen molar-refractivity contribution in [2.45, 2.75) is 0 Å². The van der Waals surface area contributed by atoms with Gasteiger partial charge in [-0.25, -0.2) is 4.63 Å². The van der Waals surface area contributed by atoms with Crippen LogP contribution in [0.15, 0.2) is 37.9 Å². The number of nitrogens with two attached hydrogens (primary N) is 1. The van der Waals surface area contributed by atoms with Crippen LogP contribution in [0.5, 0.6) is 0 Å². The fourth-order valence-corrected chi connectivity index (χ4v) is 1.81. The van der Waals surface area contributed by atoms with E-state index in [1.165, 1.54) is 0 Å². The Hall–Kier alpha value is -2.22. The lowest BCUT2D eigenvalue weighted by molar-refractivity contribution is 0.308. The highest BCUT2D eigenvalue weighted by atomic mass is 79.9. The summed E-state index contributed by atoms with van der Waals surface area (Å²) in [5, 5.41) is 10.9. The van der Waals surface area contributed by atoms with E-state index in [1.54, 1.807) is 0 Å². The van der Waals surface area contributed by atoms with Crippen molar-refractivity contribution >= 4 is 21.7 Å². The van der Waals surface area contributed by atoms with Gasteiger partial charge in [0.05, 0.1) is 0 Å². The third-order valence-corrected chi connectivity index (χ3v) is 2.72. The number of benzene rings is 1. The Bertz CT molecular complexity index is 693. The van der Waals surface area contributed by atoms with Gasteiger partial charge in [-0.2, -0.15) is 4.98 Å². The lowest BCUT2D eigenvalue weighted by Crippen LogP contribution is -1.88. The van der Waals surface area contributed by atoms with Crippen molar-refractivity contribution in [1.29, 1.82) is 0 Å². The molecule has 0 unspecified atom stereocenters. The zero-order valence-corrected chi connectivity index (χ0v) is 10.5. The average molecular weight is 308 g/mol. The highest BCUT2D eigenvalue weighted by molar-refractivity contribution is 9.10. The third-order valence-electron chi connectivity index (χ3n) is 2.23. The molecule has 0 saturated carbocycles. The van der Waals surface area contributed by atoms with Gasteiger partial charge in [0, 0.05) is 10.0 Å². The molecule has 0 amide bonds. The summed E-state index contributed by atoms with van der Waals surface area (Å²) in [5.74, 6) is 0.719. The molecule has 3 aromatic rings. The van der Waals surface area contributed by atoms with Crippen LogP contribution in [0.3, 0.4) is 0 Å². The van der Waals surface area contributed by atoms with E-state index in [1.807, 2.05) is 24.3 Å². The second kappa shape index (κ2) is 4.22. The Kier molecular flexibility index (Phi) is 2.56. The normalized spacial score (nSPS) is 10.7.